The van der Waals surface area contributed by atoms with Gasteiger partial charge in [0, 0.05) is 0 Å². The molecule has 1 heterocycles. The lowest BCUT2D eigenvalue weighted by atomic mass is 10.1. The lowest BCUT2D eigenvalue weighted by Gasteiger charge is -2.09. The van der Waals surface area contributed by atoms with Gasteiger partial charge in [-0.2, -0.15) is 0 Å². The Labute approximate surface area is 123 Å². The number of nitrogens with zero attached hydrogens (tertiary/aromatic N) is 2. The van der Waals surface area contributed by atoms with E-state index in [-0.39, 0.29) is 22.1 Å². The van der Waals surface area contributed by atoms with Gasteiger partial charge < -0.3 is 10.1 Å². The van der Waals surface area contributed by atoms with Crippen LogP contribution >= 0.6 is 11.6 Å². The molecule has 0 atom stereocenters. The molecule has 1 aromatic heterocycles. The van der Waals surface area contributed by atoms with E-state index in [1.807, 2.05) is 0 Å². The highest BCUT2D eigenvalue weighted by Gasteiger charge is 2.16. The van der Waals surface area contributed by atoms with Gasteiger partial charge in [0.05, 0.1) is 18.4 Å². The van der Waals surface area contributed by atoms with Gasteiger partial charge in [-0.3, -0.25) is 4.79 Å². The highest BCUT2D eigenvalue weighted by Crippen LogP contribution is 2.19. The Kier molecular flexibility index (Phi) is 4.44. The minimum Gasteiger partial charge on any atom is -0.465 e. The third-order valence-corrected chi connectivity index (χ3v) is 2.70. The Morgan fingerprint density at radius 1 is 1.24 bits per heavy atom. The fourth-order valence-electron chi connectivity index (χ4n) is 1.53. The van der Waals surface area contributed by atoms with Crippen molar-refractivity contribution in [1.82, 2.24) is 10.2 Å². The van der Waals surface area contributed by atoms with Crippen molar-refractivity contribution in [1.29, 1.82) is 0 Å². The first-order chi connectivity index (χ1) is 10.0. The van der Waals surface area contributed by atoms with Crippen molar-refractivity contribution >= 4 is 29.2 Å². The molecule has 2 aromatic rings. The maximum Gasteiger partial charge on any atom is 0.339 e. The quantitative estimate of drug-likeness (QED) is 0.880. The van der Waals surface area contributed by atoms with Gasteiger partial charge in [0.1, 0.15) is 5.82 Å². The fraction of sp³-hybridized carbons (Fsp3) is 0.0769. The van der Waals surface area contributed by atoms with Crippen LogP contribution in [0.2, 0.25) is 5.15 Å². The number of benzene rings is 1. The third kappa shape index (κ3) is 3.51. The van der Waals surface area contributed by atoms with Crippen molar-refractivity contribution in [2.75, 3.05) is 12.4 Å². The van der Waals surface area contributed by atoms with Gasteiger partial charge in [-0.05, 0) is 30.3 Å². The number of rotatable bonds is 3. The number of halogens is 2. The van der Waals surface area contributed by atoms with Crippen LogP contribution in [0.1, 0.15) is 20.8 Å². The van der Waals surface area contributed by atoms with E-state index in [4.69, 9.17) is 11.6 Å². The minimum absolute atomic E-state index is 0.0224. The van der Waals surface area contributed by atoms with Crippen molar-refractivity contribution in [3.05, 3.63) is 52.6 Å². The Morgan fingerprint density at radius 3 is 2.62 bits per heavy atom. The summed E-state index contributed by atoms with van der Waals surface area (Å²) in [5.41, 5.74) is -0.0303. The summed E-state index contributed by atoms with van der Waals surface area (Å²) in [6, 6.07) is 6.04. The number of ether oxygens (including phenoxy) is 1. The molecule has 1 N–H and O–H groups in total. The van der Waals surface area contributed by atoms with Crippen LogP contribution in [0.15, 0.2) is 30.3 Å². The molecule has 0 fully saturated rings. The van der Waals surface area contributed by atoms with E-state index in [0.29, 0.717) is 0 Å². The van der Waals surface area contributed by atoms with E-state index in [1.54, 1.807) is 0 Å². The number of carbonyl (C=O) groups excluding carboxylic acids is 2. The molecule has 1 amide bonds. The summed E-state index contributed by atoms with van der Waals surface area (Å²) in [4.78, 5) is 23.5. The molecular weight excluding hydrogens is 301 g/mol. The predicted octanol–water partition coefficient (Wildman–Crippen LogP) is 2.31. The second-order valence-corrected chi connectivity index (χ2v) is 4.26. The molecule has 0 saturated carbocycles. The molecule has 0 saturated heterocycles. The van der Waals surface area contributed by atoms with Crippen LogP contribution in [0.25, 0.3) is 0 Å². The number of nitrogens with one attached hydrogen (secondary N) is 1. The lowest BCUT2D eigenvalue weighted by Crippen LogP contribution is -2.17. The highest BCUT2D eigenvalue weighted by molar-refractivity contribution is 6.29. The Hall–Kier alpha value is -2.54. The van der Waals surface area contributed by atoms with Crippen molar-refractivity contribution in [3.63, 3.8) is 0 Å². The second-order valence-electron chi connectivity index (χ2n) is 3.88. The van der Waals surface area contributed by atoms with Crippen LogP contribution in [-0.2, 0) is 4.74 Å². The first kappa shape index (κ1) is 14.9. The monoisotopic (exact) mass is 309 g/mol. The molecule has 21 heavy (non-hydrogen) atoms. The summed E-state index contributed by atoms with van der Waals surface area (Å²) in [6.45, 7) is 0. The summed E-state index contributed by atoms with van der Waals surface area (Å²) in [6.07, 6.45) is 0. The average Bonchev–Trinajstić information content (AvgIpc) is 2.47. The van der Waals surface area contributed by atoms with E-state index in [0.717, 1.165) is 12.1 Å². The van der Waals surface area contributed by atoms with Crippen LogP contribution in [0.4, 0.5) is 10.1 Å². The molecule has 1 aromatic carbocycles. The van der Waals surface area contributed by atoms with Crippen LogP contribution in [0.5, 0.6) is 0 Å². The fourth-order valence-corrected chi connectivity index (χ4v) is 1.63. The van der Waals surface area contributed by atoms with E-state index in [2.05, 4.69) is 20.3 Å². The Balaban J connectivity index is 2.30. The van der Waals surface area contributed by atoms with Crippen molar-refractivity contribution in [2.45, 2.75) is 0 Å². The average molecular weight is 310 g/mol. The van der Waals surface area contributed by atoms with Gasteiger partial charge in [0.2, 0.25) is 0 Å². The molecule has 0 aliphatic rings. The zero-order valence-electron chi connectivity index (χ0n) is 10.8. The van der Waals surface area contributed by atoms with Gasteiger partial charge in [-0.1, -0.05) is 11.6 Å². The van der Waals surface area contributed by atoms with E-state index >= 15 is 0 Å². The summed E-state index contributed by atoms with van der Waals surface area (Å²) in [5, 5.41) is 9.62. The number of amides is 1. The number of carbonyl (C=O) groups is 2. The number of aromatic nitrogens is 2. The first-order valence-electron chi connectivity index (χ1n) is 5.69. The third-order valence-electron chi connectivity index (χ3n) is 2.50. The maximum absolute atomic E-state index is 13.3. The van der Waals surface area contributed by atoms with Crippen LogP contribution in [0, 0.1) is 5.82 Å². The first-order valence-corrected chi connectivity index (χ1v) is 6.07. The highest BCUT2D eigenvalue weighted by atomic mass is 35.5. The zero-order valence-corrected chi connectivity index (χ0v) is 11.5. The van der Waals surface area contributed by atoms with Crippen molar-refractivity contribution < 1.29 is 18.7 Å². The summed E-state index contributed by atoms with van der Waals surface area (Å²) in [7, 11) is 1.18. The summed E-state index contributed by atoms with van der Waals surface area (Å²) < 4.78 is 17.8. The second kappa shape index (κ2) is 6.27. The van der Waals surface area contributed by atoms with Crippen LogP contribution in [0.3, 0.4) is 0 Å². The zero-order chi connectivity index (χ0) is 15.4. The number of hydrogen-bond donors (Lipinski definition) is 1. The van der Waals surface area contributed by atoms with Crippen molar-refractivity contribution in [3.8, 4) is 0 Å². The van der Waals surface area contributed by atoms with Crippen molar-refractivity contribution in [2.24, 2.45) is 0 Å². The molecule has 0 spiro atoms. The molecule has 0 unspecified atom stereocenters. The minimum atomic E-state index is -0.701. The smallest absolute Gasteiger partial charge is 0.339 e. The number of methoxy groups -OCH3 is 1. The summed E-state index contributed by atoms with van der Waals surface area (Å²) >= 11 is 5.57. The Morgan fingerprint density at radius 2 is 2.00 bits per heavy atom. The van der Waals surface area contributed by atoms with Gasteiger partial charge in [-0.25, -0.2) is 9.18 Å². The standard InChI is InChI=1S/C13H9ClFN3O3/c1-21-13(20)8-3-2-7(15)6-10(8)16-12(19)9-4-5-11(14)18-17-9/h2-6H,1H3,(H,16,19). The molecule has 8 heteroatoms. The van der Waals surface area contributed by atoms with Gasteiger partial charge in [0.15, 0.2) is 10.8 Å². The van der Waals surface area contributed by atoms with Gasteiger partial charge >= 0.3 is 5.97 Å². The molecule has 108 valence electrons. The maximum atomic E-state index is 13.3. The SMILES string of the molecule is COC(=O)c1ccc(F)cc1NC(=O)c1ccc(Cl)nn1. The molecule has 0 radical (unpaired) electrons. The molecule has 0 aliphatic heterocycles. The molecule has 0 aliphatic carbocycles. The number of esters is 1. The molecule has 6 nitrogen and oxygen atoms in total. The van der Waals surface area contributed by atoms with Crippen LogP contribution < -0.4 is 5.32 Å². The number of anilines is 1. The van der Waals surface area contributed by atoms with E-state index < -0.39 is 17.7 Å². The predicted molar refractivity (Wildman–Crippen MR) is 72.7 cm³/mol. The lowest BCUT2D eigenvalue weighted by molar-refractivity contribution is 0.0602. The normalized spacial score (nSPS) is 10.0. The van der Waals surface area contributed by atoms with Crippen LogP contribution in [-0.4, -0.2) is 29.2 Å². The summed E-state index contributed by atoms with van der Waals surface area (Å²) in [5.74, 6) is -1.97. The van der Waals surface area contributed by atoms with Gasteiger partial charge in [-0.15, -0.1) is 10.2 Å². The van der Waals surface area contributed by atoms with E-state index in [1.165, 1.54) is 25.3 Å². The largest absolute Gasteiger partial charge is 0.465 e. The van der Waals surface area contributed by atoms with Gasteiger partial charge in [0.25, 0.3) is 5.91 Å². The van der Waals surface area contributed by atoms with E-state index in [9.17, 15) is 14.0 Å². The molecule has 0 bridgehead atoms. The Bertz CT molecular complexity index is 692. The number of hydrogen-bond acceptors (Lipinski definition) is 5. The molecule has 2 rings (SSSR count). The molecular formula is C13H9ClFN3O3. The topological polar surface area (TPSA) is 81.2 Å².